The lowest BCUT2D eigenvalue weighted by atomic mass is 10.2. The first-order valence-corrected chi connectivity index (χ1v) is 4.16. The van der Waals surface area contributed by atoms with Gasteiger partial charge in [-0.05, 0) is 13.0 Å². The molecule has 0 spiro atoms. The maximum Gasteiger partial charge on any atom is 0.340 e. The molecule has 5 heteroatoms. The van der Waals surface area contributed by atoms with Gasteiger partial charge in [-0.15, -0.1) is 0 Å². The van der Waals surface area contributed by atoms with Crippen LogP contribution in [0.1, 0.15) is 17.3 Å². The van der Waals surface area contributed by atoms with Gasteiger partial charge in [0.15, 0.2) is 0 Å². The van der Waals surface area contributed by atoms with E-state index in [9.17, 15) is 4.79 Å². The Bertz CT molecular complexity index is 339. The van der Waals surface area contributed by atoms with Gasteiger partial charge in [-0.25, -0.2) is 9.78 Å². The van der Waals surface area contributed by atoms with Gasteiger partial charge < -0.3 is 15.2 Å². The average molecular weight is 196 g/mol. The molecular formula is C9H12N2O3. The summed E-state index contributed by atoms with van der Waals surface area (Å²) < 4.78 is 9.68. The molecule has 1 heterocycles. The van der Waals surface area contributed by atoms with Crippen molar-refractivity contribution in [1.82, 2.24) is 4.98 Å². The fraction of sp³-hybridized carbons (Fsp3) is 0.333. The first-order chi connectivity index (χ1) is 6.70. The van der Waals surface area contributed by atoms with Gasteiger partial charge in [0.2, 0.25) is 5.88 Å². The zero-order chi connectivity index (χ0) is 10.6. The summed E-state index contributed by atoms with van der Waals surface area (Å²) in [4.78, 5) is 15.1. The molecule has 0 amide bonds. The van der Waals surface area contributed by atoms with Gasteiger partial charge in [-0.3, -0.25) is 0 Å². The summed E-state index contributed by atoms with van der Waals surface area (Å²) in [5.41, 5.74) is 6.14. The largest absolute Gasteiger partial charge is 0.476 e. The molecule has 0 unspecified atom stereocenters. The second-order valence-corrected chi connectivity index (χ2v) is 2.50. The molecule has 0 aliphatic carbocycles. The zero-order valence-corrected chi connectivity index (χ0v) is 8.11. The van der Waals surface area contributed by atoms with E-state index in [2.05, 4.69) is 9.72 Å². The minimum atomic E-state index is -0.495. The number of carbonyl (C=O) groups excluding carboxylic acids is 1. The van der Waals surface area contributed by atoms with E-state index < -0.39 is 5.97 Å². The van der Waals surface area contributed by atoms with Gasteiger partial charge in [0.1, 0.15) is 5.69 Å². The van der Waals surface area contributed by atoms with Gasteiger partial charge in [0, 0.05) is 6.20 Å². The van der Waals surface area contributed by atoms with Gasteiger partial charge in [-0.1, -0.05) is 0 Å². The van der Waals surface area contributed by atoms with Crippen LogP contribution in [0.15, 0.2) is 12.3 Å². The molecular weight excluding hydrogens is 184 g/mol. The predicted molar refractivity (Wildman–Crippen MR) is 51.2 cm³/mol. The number of esters is 1. The number of aromatic nitrogens is 1. The number of carbonyl (C=O) groups is 1. The maximum atomic E-state index is 11.2. The number of ether oxygens (including phenoxy) is 2. The van der Waals surface area contributed by atoms with E-state index in [-0.39, 0.29) is 17.1 Å². The highest BCUT2D eigenvalue weighted by atomic mass is 16.5. The van der Waals surface area contributed by atoms with Crippen molar-refractivity contribution in [2.45, 2.75) is 6.92 Å². The second kappa shape index (κ2) is 4.45. The molecule has 0 radical (unpaired) electrons. The van der Waals surface area contributed by atoms with Gasteiger partial charge in [0.05, 0.1) is 19.3 Å². The Hall–Kier alpha value is -1.78. The molecule has 5 nitrogen and oxygen atoms in total. The molecule has 1 aromatic rings. The highest BCUT2D eigenvalue weighted by Crippen LogP contribution is 2.22. The average Bonchev–Trinajstić information content (AvgIpc) is 2.20. The molecule has 0 fully saturated rings. The summed E-state index contributed by atoms with van der Waals surface area (Å²) in [6, 6.07) is 1.49. The highest BCUT2D eigenvalue weighted by Gasteiger charge is 2.14. The van der Waals surface area contributed by atoms with Crippen LogP contribution in [0, 0.1) is 0 Å². The summed E-state index contributed by atoms with van der Waals surface area (Å²) >= 11 is 0. The Morgan fingerprint density at radius 3 is 2.93 bits per heavy atom. The summed E-state index contributed by atoms with van der Waals surface area (Å²) in [6.07, 6.45) is 1.45. The number of pyridine rings is 1. The Balaban J connectivity index is 3.07. The molecule has 14 heavy (non-hydrogen) atoms. The number of methoxy groups -OCH3 is 1. The zero-order valence-electron chi connectivity index (χ0n) is 8.11. The van der Waals surface area contributed by atoms with E-state index in [1.54, 1.807) is 0 Å². The summed E-state index contributed by atoms with van der Waals surface area (Å²) in [5.74, 6) is -0.235. The topological polar surface area (TPSA) is 74.4 Å². The molecule has 0 saturated heterocycles. The Morgan fingerprint density at radius 1 is 1.64 bits per heavy atom. The number of hydrogen-bond donors (Lipinski definition) is 1. The Kier molecular flexibility index (Phi) is 3.28. The number of hydrogen-bond acceptors (Lipinski definition) is 5. The van der Waals surface area contributed by atoms with Crippen molar-refractivity contribution in [2.75, 3.05) is 19.5 Å². The smallest absolute Gasteiger partial charge is 0.340 e. The molecule has 1 rings (SSSR count). The third kappa shape index (κ3) is 1.93. The van der Waals surface area contributed by atoms with Crippen LogP contribution in [-0.2, 0) is 4.74 Å². The number of nitrogens with two attached hydrogens (primary N) is 1. The molecule has 2 N–H and O–H groups in total. The number of nitrogen functional groups attached to an aromatic ring is 1. The van der Waals surface area contributed by atoms with Crippen molar-refractivity contribution >= 4 is 11.7 Å². The lowest BCUT2D eigenvalue weighted by molar-refractivity contribution is 0.0601. The minimum Gasteiger partial charge on any atom is -0.476 e. The fourth-order valence-corrected chi connectivity index (χ4v) is 0.994. The summed E-state index contributed by atoms with van der Waals surface area (Å²) in [5, 5.41) is 0. The van der Waals surface area contributed by atoms with Crippen LogP contribution in [0.5, 0.6) is 5.88 Å². The maximum absolute atomic E-state index is 11.2. The van der Waals surface area contributed by atoms with Crippen LogP contribution >= 0.6 is 0 Å². The van der Waals surface area contributed by atoms with Crippen molar-refractivity contribution in [3.63, 3.8) is 0 Å². The van der Waals surface area contributed by atoms with Crippen LogP contribution in [0.25, 0.3) is 0 Å². The molecule has 76 valence electrons. The van der Waals surface area contributed by atoms with Gasteiger partial charge in [-0.2, -0.15) is 0 Å². The van der Waals surface area contributed by atoms with E-state index in [1.807, 2.05) is 6.92 Å². The van der Waals surface area contributed by atoms with E-state index in [1.165, 1.54) is 19.4 Å². The van der Waals surface area contributed by atoms with Crippen LogP contribution in [0.4, 0.5) is 5.69 Å². The third-order valence-electron chi connectivity index (χ3n) is 1.64. The molecule has 0 saturated carbocycles. The molecule has 0 bridgehead atoms. The third-order valence-corrected chi connectivity index (χ3v) is 1.64. The van der Waals surface area contributed by atoms with Crippen molar-refractivity contribution in [3.05, 3.63) is 17.8 Å². The molecule has 0 aliphatic heterocycles. The molecule has 0 aliphatic rings. The second-order valence-electron chi connectivity index (χ2n) is 2.50. The number of rotatable bonds is 3. The lowest BCUT2D eigenvalue weighted by Gasteiger charge is -2.08. The molecule has 1 aromatic heterocycles. The van der Waals surface area contributed by atoms with E-state index in [0.717, 1.165) is 0 Å². The first-order valence-electron chi connectivity index (χ1n) is 4.16. The fourth-order valence-electron chi connectivity index (χ4n) is 0.994. The number of nitrogens with zero attached hydrogens (tertiary/aromatic N) is 1. The standard InChI is InChI=1S/C9H12N2O3/c1-3-14-8-7(10)6(4-5-11-8)9(12)13-2/h4-5H,3,10H2,1-2H3. The Morgan fingerprint density at radius 2 is 2.36 bits per heavy atom. The highest BCUT2D eigenvalue weighted by molar-refractivity contribution is 5.95. The SMILES string of the molecule is CCOc1nccc(C(=O)OC)c1N. The van der Waals surface area contributed by atoms with Gasteiger partial charge in [0.25, 0.3) is 0 Å². The van der Waals surface area contributed by atoms with E-state index in [4.69, 9.17) is 10.5 Å². The number of anilines is 1. The quantitative estimate of drug-likeness (QED) is 0.725. The normalized spacial score (nSPS) is 9.57. The first kappa shape index (κ1) is 10.3. The van der Waals surface area contributed by atoms with Crippen molar-refractivity contribution in [1.29, 1.82) is 0 Å². The summed E-state index contributed by atoms with van der Waals surface area (Å²) in [6.45, 7) is 2.26. The van der Waals surface area contributed by atoms with Gasteiger partial charge >= 0.3 is 5.97 Å². The minimum absolute atomic E-state index is 0.209. The van der Waals surface area contributed by atoms with E-state index in [0.29, 0.717) is 6.61 Å². The van der Waals surface area contributed by atoms with Crippen molar-refractivity contribution < 1.29 is 14.3 Å². The molecule has 0 aromatic carbocycles. The van der Waals surface area contributed by atoms with Crippen LogP contribution in [-0.4, -0.2) is 24.7 Å². The van der Waals surface area contributed by atoms with E-state index >= 15 is 0 Å². The van der Waals surface area contributed by atoms with Crippen LogP contribution in [0.2, 0.25) is 0 Å². The van der Waals surface area contributed by atoms with Crippen molar-refractivity contribution in [2.24, 2.45) is 0 Å². The van der Waals surface area contributed by atoms with Crippen LogP contribution < -0.4 is 10.5 Å². The molecule has 0 atom stereocenters. The van der Waals surface area contributed by atoms with Crippen molar-refractivity contribution in [3.8, 4) is 5.88 Å². The Labute approximate surface area is 81.8 Å². The monoisotopic (exact) mass is 196 g/mol. The van der Waals surface area contributed by atoms with Crippen LogP contribution in [0.3, 0.4) is 0 Å². The predicted octanol–water partition coefficient (Wildman–Crippen LogP) is 0.849. The lowest BCUT2D eigenvalue weighted by Crippen LogP contribution is -2.08. The summed E-state index contributed by atoms with van der Waals surface area (Å²) in [7, 11) is 1.29.